The Morgan fingerprint density at radius 1 is 1.38 bits per heavy atom. The zero-order valence-electron chi connectivity index (χ0n) is 9.85. The Morgan fingerprint density at radius 2 is 1.88 bits per heavy atom. The molecule has 1 aliphatic rings. The standard InChI is InChI=1S/C11H19NO3S/c1-4-11(13)12-7-5-10(6-8-12)16(14,15)9(2)3/h4,9-10H,1,5-8H2,2-3H3. The van der Waals surface area contributed by atoms with Crippen molar-refractivity contribution in [1.29, 1.82) is 0 Å². The minimum absolute atomic E-state index is 0.111. The molecule has 92 valence electrons. The van der Waals surface area contributed by atoms with E-state index in [2.05, 4.69) is 6.58 Å². The molecule has 0 aromatic heterocycles. The molecule has 0 aliphatic carbocycles. The van der Waals surface area contributed by atoms with Crippen molar-refractivity contribution in [3.63, 3.8) is 0 Å². The normalized spacial score (nSPS) is 18.8. The van der Waals surface area contributed by atoms with Crippen molar-refractivity contribution in [1.82, 2.24) is 4.90 Å². The Hall–Kier alpha value is -0.840. The summed E-state index contributed by atoms with van der Waals surface area (Å²) in [4.78, 5) is 13.0. The third-order valence-corrected chi connectivity index (χ3v) is 5.76. The summed E-state index contributed by atoms with van der Waals surface area (Å²) in [7, 11) is -3.02. The van der Waals surface area contributed by atoms with Gasteiger partial charge in [-0.15, -0.1) is 0 Å². The monoisotopic (exact) mass is 245 g/mol. The van der Waals surface area contributed by atoms with Gasteiger partial charge in [-0.05, 0) is 32.8 Å². The molecule has 1 aliphatic heterocycles. The first-order chi connectivity index (χ1) is 7.39. The van der Waals surface area contributed by atoms with Gasteiger partial charge in [0, 0.05) is 13.1 Å². The lowest BCUT2D eigenvalue weighted by Crippen LogP contribution is -2.43. The van der Waals surface area contributed by atoms with Crippen LogP contribution in [0.5, 0.6) is 0 Å². The molecule has 0 radical (unpaired) electrons. The Morgan fingerprint density at radius 3 is 2.25 bits per heavy atom. The molecule has 1 fully saturated rings. The molecule has 0 saturated carbocycles. The largest absolute Gasteiger partial charge is 0.339 e. The molecule has 4 nitrogen and oxygen atoms in total. The second-order valence-corrected chi connectivity index (χ2v) is 7.15. The van der Waals surface area contributed by atoms with Gasteiger partial charge in [0.15, 0.2) is 9.84 Å². The quantitative estimate of drug-likeness (QED) is 0.697. The van der Waals surface area contributed by atoms with Crippen LogP contribution < -0.4 is 0 Å². The van der Waals surface area contributed by atoms with Crippen LogP contribution in [0.4, 0.5) is 0 Å². The summed E-state index contributed by atoms with van der Waals surface area (Å²) in [5.74, 6) is -0.111. The van der Waals surface area contributed by atoms with Crippen LogP contribution in [-0.4, -0.2) is 42.8 Å². The molecule has 16 heavy (non-hydrogen) atoms. The molecular weight excluding hydrogens is 226 g/mol. The lowest BCUT2D eigenvalue weighted by molar-refractivity contribution is -0.126. The van der Waals surface area contributed by atoms with Crippen molar-refractivity contribution in [3.05, 3.63) is 12.7 Å². The van der Waals surface area contributed by atoms with Crippen molar-refractivity contribution < 1.29 is 13.2 Å². The van der Waals surface area contributed by atoms with Gasteiger partial charge in [-0.3, -0.25) is 4.79 Å². The van der Waals surface area contributed by atoms with Crippen LogP contribution in [0.1, 0.15) is 26.7 Å². The van der Waals surface area contributed by atoms with E-state index in [0.29, 0.717) is 25.9 Å². The maximum atomic E-state index is 11.9. The number of hydrogen-bond acceptors (Lipinski definition) is 3. The van der Waals surface area contributed by atoms with E-state index in [4.69, 9.17) is 0 Å². The summed E-state index contributed by atoms with van der Waals surface area (Å²) < 4.78 is 23.8. The predicted molar refractivity (Wildman–Crippen MR) is 63.9 cm³/mol. The molecule has 0 unspecified atom stereocenters. The second kappa shape index (κ2) is 4.99. The van der Waals surface area contributed by atoms with Crippen LogP contribution in [0.3, 0.4) is 0 Å². The lowest BCUT2D eigenvalue weighted by Gasteiger charge is -2.31. The number of likely N-dealkylation sites (tertiary alicyclic amines) is 1. The van der Waals surface area contributed by atoms with Crippen molar-refractivity contribution in [2.75, 3.05) is 13.1 Å². The third kappa shape index (κ3) is 2.64. The van der Waals surface area contributed by atoms with Gasteiger partial charge in [-0.2, -0.15) is 0 Å². The first-order valence-electron chi connectivity index (χ1n) is 5.53. The second-order valence-electron chi connectivity index (χ2n) is 4.37. The van der Waals surface area contributed by atoms with Crippen molar-refractivity contribution in [2.45, 2.75) is 37.2 Å². The average Bonchev–Trinajstić information content (AvgIpc) is 2.28. The van der Waals surface area contributed by atoms with Gasteiger partial charge in [-0.25, -0.2) is 8.42 Å². The van der Waals surface area contributed by atoms with Crippen molar-refractivity contribution in [2.24, 2.45) is 0 Å². The van der Waals surface area contributed by atoms with Gasteiger partial charge in [0.2, 0.25) is 5.91 Å². The van der Waals surface area contributed by atoms with Crippen LogP contribution in [0.2, 0.25) is 0 Å². The number of carbonyl (C=O) groups is 1. The molecule has 1 amide bonds. The first kappa shape index (κ1) is 13.2. The van der Waals surface area contributed by atoms with Crippen LogP contribution in [0.15, 0.2) is 12.7 Å². The lowest BCUT2D eigenvalue weighted by atomic mass is 10.1. The highest BCUT2D eigenvalue weighted by molar-refractivity contribution is 7.92. The summed E-state index contributed by atoms with van der Waals surface area (Å²) in [6, 6.07) is 0. The molecular formula is C11H19NO3S. The number of nitrogens with zero attached hydrogens (tertiary/aromatic N) is 1. The summed E-state index contributed by atoms with van der Waals surface area (Å²) in [6.45, 7) is 7.86. The Bertz CT molecular complexity index is 365. The Kier molecular flexibility index (Phi) is 4.13. The molecule has 0 aromatic carbocycles. The van der Waals surface area contributed by atoms with Gasteiger partial charge in [0.25, 0.3) is 0 Å². The van der Waals surface area contributed by atoms with Crippen LogP contribution in [0.25, 0.3) is 0 Å². The maximum absolute atomic E-state index is 11.9. The highest BCUT2D eigenvalue weighted by Gasteiger charge is 2.32. The predicted octanol–water partition coefficient (Wildman–Crippen LogP) is 0.987. The molecule has 1 heterocycles. The van der Waals surface area contributed by atoms with E-state index in [1.807, 2.05) is 0 Å². The van der Waals surface area contributed by atoms with E-state index < -0.39 is 9.84 Å². The van der Waals surface area contributed by atoms with Gasteiger partial charge >= 0.3 is 0 Å². The van der Waals surface area contributed by atoms with E-state index in [-0.39, 0.29) is 16.4 Å². The van der Waals surface area contributed by atoms with E-state index in [1.165, 1.54) is 6.08 Å². The zero-order chi connectivity index (χ0) is 12.3. The Labute approximate surface area is 97.2 Å². The first-order valence-corrected chi connectivity index (χ1v) is 7.14. The number of piperidine rings is 1. The highest BCUT2D eigenvalue weighted by Crippen LogP contribution is 2.21. The van der Waals surface area contributed by atoms with E-state index >= 15 is 0 Å². The molecule has 0 N–H and O–H groups in total. The minimum Gasteiger partial charge on any atom is -0.339 e. The van der Waals surface area contributed by atoms with Gasteiger partial charge in [-0.1, -0.05) is 6.58 Å². The van der Waals surface area contributed by atoms with Gasteiger partial charge in [0.05, 0.1) is 10.5 Å². The molecule has 0 bridgehead atoms. The number of rotatable bonds is 3. The third-order valence-electron chi connectivity index (χ3n) is 3.05. The van der Waals surface area contributed by atoms with E-state index in [9.17, 15) is 13.2 Å². The zero-order valence-corrected chi connectivity index (χ0v) is 10.7. The van der Waals surface area contributed by atoms with Crippen LogP contribution in [-0.2, 0) is 14.6 Å². The summed E-state index contributed by atoms with van der Waals surface area (Å²) in [5.41, 5.74) is 0. The van der Waals surface area contributed by atoms with E-state index in [0.717, 1.165) is 0 Å². The van der Waals surface area contributed by atoms with Crippen LogP contribution >= 0.6 is 0 Å². The SMILES string of the molecule is C=CC(=O)N1CCC(S(=O)(=O)C(C)C)CC1. The smallest absolute Gasteiger partial charge is 0.245 e. The minimum atomic E-state index is -3.02. The van der Waals surface area contributed by atoms with Crippen LogP contribution in [0, 0.1) is 0 Å². The fourth-order valence-electron chi connectivity index (χ4n) is 1.92. The number of hydrogen-bond donors (Lipinski definition) is 0. The fourth-order valence-corrected chi connectivity index (χ4v) is 3.56. The average molecular weight is 245 g/mol. The molecule has 1 saturated heterocycles. The molecule has 1 rings (SSSR count). The van der Waals surface area contributed by atoms with E-state index in [1.54, 1.807) is 18.7 Å². The van der Waals surface area contributed by atoms with Gasteiger partial charge < -0.3 is 4.90 Å². The highest BCUT2D eigenvalue weighted by atomic mass is 32.2. The molecule has 0 spiro atoms. The topological polar surface area (TPSA) is 54.5 Å². The summed E-state index contributed by atoms with van der Waals surface area (Å²) in [5, 5.41) is -0.625. The van der Waals surface area contributed by atoms with Gasteiger partial charge in [0.1, 0.15) is 0 Å². The molecule has 0 atom stereocenters. The number of amides is 1. The number of sulfone groups is 1. The van der Waals surface area contributed by atoms with Crippen molar-refractivity contribution >= 4 is 15.7 Å². The maximum Gasteiger partial charge on any atom is 0.245 e. The fraction of sp³-hybridized carbons (Fsp3) is 0.727. The summed E-state index contributed by atoms with van der Waals surface area (Å²) >= 11 is 0. The van der Waals surface area contributed by atoms with Crippen molar-refractivity contribution in [3.8, 4) is 0 Å². The Balaban J connectivity index is 2.62. The molecule has 0 aromatic rings. The number of carbonyl (C=O) groups excluding carboxylic acids is 1. The summed E-state index contributed by atoms with van der Waals surface area (Å²) in [6.07, 6.45) is 2.36. The molecule has 5 heteroatoms.